The van der Waals surface area contributed by atoms with Gasteiger partial charge in [0, 0.05) is 4.88 Å². The predicted octanol–water partition coefficient (Wildman–Crippen LogP) is 3.67. The van der Waals surface area contributed by atoms with E-state index in [0.717, 1.165) is 12.8 Å². The average Bonchev–Trinajstić information content (AvgIpc) is 2.88. The van der Waals surface area contributed by atoms with Crippen LogP contribution in [-0.4, -0.2) is 0 Å². The van der Waals surface area contributed by atoms with E-state index in [0.29, 0.717) is 0 Å². The molecule has 3 N–H and O–H groups in total. The van der Waals surface area contributed by atoms with Crippen molar-refractivity contribution in [1.29, 1.82) is 0 Å². The number of hydrazine groups is 1. The molecule has 1 aromatic carbocycles. The molecule has 0 saturated carbocycles. The van der Waals surface area contributed by atoms with E-state index in [2.05, 4.69) is 55.8 Å². The van der Waals surface area contributed by atoms with Crippen LogP contribution in [0.1, 0.15) is 40.1 Å². The zero-order valence-electron chi connectivity index (χ0n) is 11.9. The third-order valence-corrected chi connectivity index (χ3v) is 4.76. The maximum atomic E-state index is 5.76. The van der Waals surface area contributed by atoms with E-state index in [1.165, 1.54) is 27.1 Å². The van der Waals surface area contributed by atoms with Crippen LogP contribution in [0.4, 0.5) is 0 Å². The van der Waals surface area contributed by atoms with Crippen LogP contribution >= 0.6 is 11.3 Å². The second-order valence-corrected chi connectivity index (χ2v) is 5.95. The number of nitrogens with one attached hydrogen (secondary N) is 1. The molecule has 0 aliphatic heterocycles. The molecule has 0 aliphatic rings. The first-order chi connectivity index (χ1) is 9.15. The van der Waals surface area contributed by atoms with Crippen molar-refractivity contribution in [3.63, 3.8) is 0 Å². The summed E-state index contributed by atoms with van der Waals surface area (Å²) < 4.78 is 0. The molecule has 2 aromatic rings. The lowest BCUT2D eigenvalue weighted by Crippen LogP contribution is -2.29. The van der Waals surface area contributed by atoms with E-state index >= 15 is 0 Å². The van der Waals surface area contributed by atoms with E-state index in [9.17, 15) is 0 Å². The Labute approximate surface area is 119 Å². The Hall–Kier alpha value is -1.16. The Balaban J connectivity index is 2.21. The van der Waals surface area contributed by atoms with Gasteiger partial charge in [-0.1, -0.05) is 25.1 Å². The Bertz CT molecular complexity index is 545. The van der Waals surface area contributed by atoms with Crippen molar-refractivity contribution in [3.05, 3.63) is 56.8 Å². The zero-order valence-corrected chi connectivity index (χ0v) is 12.7. The van der Waals surface area contributed by atoms with E-state index in [-0.39, 0.29) is 6.04 Å². The van der Waals surface area contributed by atoms with Crippen LogP contribution in [0.25, 0.3) is 0 Å². The fourth-order valence-corrected chi connectivity index (χ4v) is 3.40. The molecular formula is C16H22N2S. The molecule has 0 spiro atoms. The van der Waals surface area contributed by atoms with E-state index in [1.807, 2.05) is 0 Å². The van der Waals surface area contributed by atoms with Gasteiger partial charge in [-0.3, -0.25) is 11.3 Å². The summed E-state index contributed by atoms with van der Waals surface area (Å²) in [6.07, 6.45) is 2.00. The van der Waals surface area contributed by atoms with E-state index in [1.54, 1.807) is 11.3 Å². The number of hydrogen-bond donors (Lipinski definition) is 2. The summed E-state index contributed by atoms with van der Waals surface area (Å²) in [5.74, 6) is 5.76. The summed E-state index contributed by atoms with van der Waals surface area (Å²) in [5, 5.41) is 2.15. The highest BCUT2D eigenvalue weighted by molar-refractivity contribution is 7.10. The summed E-state index contributed by atoms with van der Waals surface area (Å²) in [7, 11) is 0. The van der Waals surface area contributed by atoms with Gasteiger partial charge in [-0.2, -0.15) is 0 Å². The maximum Gasteiger partial charge on any atom is 0.0596 e. The summed E-state index contributed by atoms with van der Waals surface area (Å²) in [5.41, 5.74) is 8.39. The van der Waals surface area contributed by atoms with Crippen molar-refractivity contribution in [2.75, 3.05) is 0 Å². The lowest BCUT2D eigenvalue weighted by molar-refractivity contribution is 0.557. The Morgan fingerprint density at radius 1 is 1.21 bits per heavy atom. The van der Waals surface area contributed by atoms with Gasteiger partial charge in [0.25, 0.3) is 0 Å². The maximum absolute atomic E-state index is 5.76. The van der Waals surface area contributed by atoms with Gasteiger partial charge in [-0.15, -0.1) is 11.3 Å². The normalized spacial score (nSPS) is 12.6. The lowest BCUT2D eigenvalue weighted by atomic mass is 9.99. The first-order valence-corrected chi connectivity index (χ1v) is 7.62. The van der Waals surface area contributed by atoms with Crippen LogP contribution in [0, 0.1) is 13.8 Å². The van der Waals surface area contributed by atoms with Gasteiger partial charge in [-0.05, 0) is 60.4 Å². The minimum atomic E-state index is 0.206. The molecule has 0 bridgehead atoms. The van der Waals surface area contributed by atoms with Crippen LogP contribution in [0.3, 0.4) is 0 Å². The highest BCUT2D eigenvalue weighted by atomic mass is 32.1. The zero-order chi connectivity index (χ0) is 13.8. The molecule has 0 aliphatic carbocycles. The number of benzene rings is 1. The lowest BCUT2D eigenvalue weighted by Gasteiger charge is -2.17. The van der Waals surface area contributed by atoms with Crippen molar-refractivity contribution < 1.29 is 0 Å². The first kappa shape index (κ1) is 14.3. The van der Waals surface area contributed by atoms with Crippen LogP contribution in [0.15, 0.2) is 29.6 Å². The molecule has 1 heterocycles. The smallest absolute Gasteiger partial charge is 0.0596 e. The number of rotatable bonds is 5. The first-order valence-electron chi connectivity index (χ1n) is 6.74. The molecule has 1 atom stereocenters. The fraction of sp³-hybridized carbons (Fsp3) is 0.375. The van der Waals surface area contributed by atoms with Crippen molar-refractivity contribution in [2.45, 2.75) is 39.7 Å². The molecule has 102 valence electrons. The fourth-order valence-electron chi connectivity index (χ4n) is 2.34. The van der Waals surface area contributed by atoms with Crippen LogP contribution in [0.2, 0.25) is 0 Å². The Morgan fingerprint density at radius 3 is 2.63 bits per heavy atom. The third-order valence-electron chi connectivity index (χ3n) is 3.69. The molecule has 2 nitrogen and oxygen atoms in total. The molecule has 1 unspecified atom stereocenters. The van der Waals surface area contributed by atoms with Crippen molar-refractivity contribution >= 4 is 11.3 Å². The molecule has 19 heavy (non-hydrogen) atoms. The van der Waals surface area contributed by atoms with Crippen molar-refractivity contribution in [3.8, 4) is 0 Å². The second kappa shape index (κ2) is 6.33. The second-order valence-electron chi connectivity index (χ2n) is 5.01. The van der Waals surface area contributed by atoms with Gasteiger partial charge < -0.3 is 0 Å². The quantitative estimate of drug-likeness (QED) is 0.645. The summed E-state index contributed by atoms with van der Waals surface area (Å²) in [6, 6.07) is 9.06. The highest BCUT2D eigenvalue weighted by Crippen LogP contribution is 2.27. The van der Waals surface area contributed by atoms with Crippen LogP contribution in [0.5, 0.6) is 0 Å². The Morgan fingerprint density at radius 2 is 2.00 bits per heavy atom. The van der Waals surface area contributed by atoms with Gasteiger partial charge in [0.1, 0.15) is 0 Å². The molecule has 0 fully saturated rings. The monoisotopic (exact) mass is 274 g/mol. The molecule has 1 aromatic heterocycles. The average molecular weight is 274 g/mol. The topological polar surface area (TPSA) is 38.0 Å². The Kier molecular flexibility index (Phi) is 4.75. The van der Waals surface area contributed by atoms with Gasteiger partial charge in [0.15, 0.2) is 0 Å². The number of hydrogen-bond acceptors (Lipinski definition) is 3. The predicted molar refractivity (Wildman–Crippen MR) is 83.4 cm³/mol. The minimum Gasteiger partial charge on any atom is -0.271 e. The van der Waals surface area contributed by atoms with Crippen molar-refractivity contribution in [1.82, 2.24) is 5.43 Å². The van der Waals surface area contributed by atoms with Gasteiger partial charge in [0.05, 0.1) is 6.04 Å². The van der Waals surface area contributed by atoms with Crippen LogP contribution < -0.4 is 11.3 Å². The summed E-state index contributed by atoms with van der Waals surface area (Å²) >= 11 is 1.79. The highest BCUT2D eigenvalue weighted by Gasteiger charge is 2.15. The number of nitrogens with two attached hydrogens (primary N) is 1. The van der Waals surface area contributed by atoms with E-state index in [4.69, 9.17) is 5.84 Å². The molecule has 3 heteroatoms. The molecule has 0 amide bonds. The standard InChI is InChI=1S/C16H22N2S/c1-4-14-7-8-19-16(14)15(18-17)10-13-6-5-11(2)12(3)9-13/h5-9,15,18H,4,10,17H2,1-3H3. The van der Waals surface area contributed by atoms with Gasteiger partial charge in [-0.25, -0.2) is 0 Å². The number of aryl methyl sites for hydroxylation is 3. The number of thiophene rings is 1. The van der Waals surface area contributed by atoms with Gasteiger partial charge >= 0.3 is 0 Å². The molecular weight excluding hydrogens is 252 g/mol. The van der Waals surface area contributed by atoms with Crippen molar-refractivity contribution in [2.24, 2.45) is 5.84 Å². The molecule has 0 radical (unpaired) electrons. The van der Waals surface area contributed by atoms with Crippen LogP contribution in [-0.2, 0) is 12.8 Å². The summed E-state index contributed by atoms with van der Waals surface area (Å²) in [4.78, 5) is 1.36. The summed E-state index contributed by atoms with van der Waals surface area (Å²) in [6.45, 7) is 6.49. The van der Waals surface area contributed by atoms with Gasteiger partial charge in [0.2, 0.25) is 0 Å². The SMILES string of the molecule is CCc1ccsc1C(Cc1ccc(C)c(C)c1)NN. The third kappa shape index (κ3) is 3.24. The molecule has 2 rings (SSSR count). The minimum absolute atomic E-state index is 0.206. The molecule has 0 saturated heterocycles. The van der Waals surface area contributed by atoms with E-state index < -0.39 is 0 Å². The largest absolute Gasteiger partial charge is 0.271 e.